The maximum Gasteiger partial charge on any atom is 0.311 e. The molecule has 9 rings (SSSR count). The third-order valence-corrected chi connectivity index (χ3v) is 17.9. The monoisotopic (exact) mass is 1430 g/mol. The fourth-order valence-corrected chi connectivity index (χ4v) is 12.8. The van der Waals surface area contributed by atoms with Crippen LogP contribution < -0.4 is 4.74 Å². The number of carbonyl (C=O) groups is 5. The summed E-state index contributed by atoms with van der Waals surface area (Å²) in [6, 6.07) is 39.0. The van der Waals surface area contributed by atoms with Crippen molar-refractivity contribution in [2.24, 2.45) is 32.5 Å². The van der Waals surface area contributed by atoms with Crippen LogP contribution in [0.25, 0.3) is 32.7 Å². The zero-order valence-corrected chi connectivity index (χ0v) is 62.5. The van der Waals surface area contributed by atoms with Crippen molar-refractivity contribution >= 4 is 96.8 Å². The van der Waals surface area contributed by atoms with Crippen molar-refractivity contribution in [3.05, 3.63) is 193 Å². The van der Waals surface area contributed by atoms with Gasteiger partial charge < -0.3 is 43.2 Å². The molecule has 0 aliphatic carbocycles. The van der Waals surface area contributed by atoms with Gasteiger partial charge in [-0.05, 0) is 163 Å². The van der Waals surface area contributed by atoms with Crippen LogP contribution in [-0.2, 0) is 58.0 Å². The highest BCUT2D eigenvalue weighted by Gasteiger charge is 2.37. The van der Waals surface area contributed by atoms with Crippen LogP contribution in [0, 0.1) is 32.5 Å². The number of benzene rings is 6. The number of ketones is 3. The highest BCUT2D eigenvalue weighted by Crippen LogP contribution is 2.41. The zero-order valence-electron chi connectivity index (χ0n) is 60.3. The van der Waals surface area contributed by atoms with E-state index in [1.165, 1.54) is 14.2 Å². The number of esters is 2. The van der Waals surface area contributed by atoms with Crippen LogP contribution >= 0.6 is 34.8 Å². The van der Waals surface area contributed by atoms with Gasteiger partial charge in [-0.25, -0.2) is 0 Å². The van der Waals surface area contributed by atoms with Gasteiger partial charge in [0.25, 0.3) is 0 Å². The van der Waals surface area contributed by atoms with Gasteiger partial charge in [0.1, 0.15) is 17.2 Å². The SMILES string of the molecule is C.C.CC(C)(C)CC(=O)c1c(CC(C)(C)CO)n(Cc2ccc(Cl)cc2)c2ccc(O)cc12.COC(=O)C(C)(C)Cc1c(C(=O)CC(C)(C)C)c2cc(O)ccc2n1Cc1ccc(Cl)cc1.COC(=O)C(C)(C)Cc1c(C(=O)CC(C)(C)C)c2cc(OC)ccc2n1Cc1ccc(Cl)cc1. The van der Waals surface area contributed by atoms with Crippen LogP contribution in [0.5, 0.6) is 17.2 Å². The summed E-state index contributed by atoms with van der Waals surface area (Å²) in [4.78, 5) is 66.0. The van der Waals surface area contributed by atoms with Crippen molar-refractivity contribution in [3.63, 3.8) is 0 Å². The number of hydrogen-bond acceptors (Lipinski definition) is 11. The van der Waals surface area contributed by atoms with Crippen molar-refractivity contribution in [2.45, 2.75) is 177 Å². The molecule has 540 valence electrons. The first-order valence-electron chi connectivity index (χ1n) is 33.1. The summed E-state index contributed by atoms with van der Waals surface area (Å²) in [5.74, 6) is 0.343. The standard InChI is InChI=1S/C28H34ClNO4.C27H32ClNO4.C26H32ClNO3.2CH4/c1-27(2,3)16-24(31)25-21-14-20(33-6)12-13-22(21)30(17-18-8-10-19(29)11-9-18)23(25)15-28(4,5)26(32)34-7;1-26(2,3)15-23(31)24-20-13-19(30)11-12-21(20)29(16-17-7-9-18(28)10-8-17)22(24)14-27(4,5)25(32)33-6;1-25(2,3)14-23(31)24-20-12-19(30)10-11-21(20)28(22(24)13-26(4,5)16-29)15-17-6-8-18(27)9-7-17;;/h8-14H,15-17H2,1-7H3;7-13,30H,14-16H2,1-6H3;6-12,29-30H,13-16H2,1-5H3;2*1H4. The molecular weight excluding hydrogens is 1320 g/mol. The lowest BCUT2D eigenvalue weighted by Gasteiger charge is -2.24. The van der Waals surface area contributed by atoms with Gasteiger partial charge in [-0.1, -0.05) is 162 Å². The van der Waals surface area contributed by atoms with Crippen LogP contribution in [0.3, 0.4) is 0 Å². The number of aromatic nitrogens is 3. The Kier molecular flexibility index (Phi) is 27.6. The van der Waals surface area contributed by atoms with Crippen LogP contribution in [-0.4, -0.2) is 86.2 Å². The van der Waals surface area contributed by atoms with Crippen molar-refractivity contribution < 1.29 is 53.5 Å². The molecule has 0 fully saturated rings. The molecule has 0 saturated carbocycles. The number of halogens is 3. The van der Waals surface area contributed by atoms with Gasteiger partial charge in [0.15, 0.2) is 17.3 Å². The first-order valence-corrected chi connectivity index (χ1v) is 34.2. The Labute approximate surface area is 607 Å². The van der Waals surface area contributed by atoms with Crippen LogP contribution in [0.4, 0.5) is 0 Å². The van der Waals surface area contributed by atoms with Gasteiger partial charge in [0, 0.05) is 140 Å². The minimum atomic E-state index is -0.848. The summed E-state index contributed by atoms with van der Waals surface area (Å²) >= 11 is 18.2. The predicted octanol–water partition coefficient (Wildman–Crippen LogP) is 20.6. The molecule has 9 aromatic rings. The number of fused-ring (bicyclic) bond motifs is 3. The lowest BCUT2D eigenvalue weighted by molar-refractivity contribution is -0.151. The predicted molar refractivity (Wildman–Crippen MR) is 410 cm³/mol. The van der Waals surface area contributed by atoms with E-state index < -0.39 is 16.2 Å². The normalized spacial score (nSPS) is 12.0. The third-order valence-electron chi connectivity index (χ3n) is 17.1. The maximum absolute atomic E-state index is 13.7. The Hall–Kier alpha value is -7.88. The topological polar surface area (TPSA) is 189 Å². The molecule has 0 amide bonds. The van der Waals surface area contributed by atoms with E-state index >= 15 is 0 Å². The molecule has 3 N–H and O–H groups in total. The second-order valence-electron chi connectivity index (χ2n) is 31.5. The van der Waals surface area contributed by atoms with Crippen molar-refractivity contribution in [1.82, 2.24) is 13.7 Å². The second kappa shape index (κ2) is 33.3. The van der Waals surface area contributed by atoms with Crippen molar-refractivity contribution in [3.8, 4) is 17.2 Å². The Morgan fingerprint density at radius 3 is 0.950 bits per heavy atom. The number of methoxy groups -OCH3 is 3. The first-order chi connectivity index (χ1) is 45.6. The molecule has 0 radical (unpaired) electrons. The van der Waals surface area contributed by atoms with Gasteiger partial charge in [-0.3, -0.25) is 24.0 Å². The Morgan fingerprint density at radius 1 is 0.400 bits per heavy atom. The highest BCUT2D eigenvalue weighted by atomic mass is 35.5. The number of phenols is 2. The fourth-order valence-electron chi connectivity index (χ4n) is 12.4. The summed E-state index contributed by atoms with van der Waals surface area (Å²) in [6.07, 6.45) is 2.33. The minimum Gasteiger partial charge on any atom is -0.508 e. The Bertz CT molecular complexity index is 4360. The molecule has 0 unspecified atom stereocenters. The summed E-state index contributed by atoms with van der Waals surface area (Å²) in [6.45, 7) is 31.3. The van der Waals surface area contributed by atoms with E-state index in [0.29, 0.717) is 101 Å². The molecule has 100 heavy (non-hydrogen) atoms. The lowest BCUT2D eigenvalue weighted by atomic mass is 9.83. The van der Waals surface area contributed by atoms with Gasteiger partial charge >= 0.3 is 11.9 Å². The van der Waals surface area contributed by atoms with Gasteiger partial charge in [0.2, 0.25) is 0 Å². The Morgan fingerprint density at radius 2 is 0.680 bits per heavy atom. The number of aliphatic hydroxyl groups is 1. The van der Waals surface area contributed by atoms with E-state index in [4.69, 9.17) is 49.0 Å². The zero-order chi connectivity index (χ0) is 72.8. The van der Waals surface area contributed by atoms with E-state index in [1.807, 2.05) is 186 Å². The first kappa shape index (κ1) is 82.8. The highest BCUT2D eigenvalue weighted by molar-refractivity contribution is 6.31. The number of hydrogen-bond donors (Lipinski definition) is 3. The minimum absolute atomic E-state index is 0. The van der Waals surface area contributed by atoms with E-state index in [2.05, 4.69) is 34.5 Å². The van der Waals surface area contributed by atoms with E-state index in [0.717, 1.165) is 61.1 Å². The van der Waals surface area contributed by atoms with Crippen LogP contribution in [0.1, 0.15) is 203 Å². The molecule has 14 nitrogen and oxygen atoms in total. The second-order valence-corrected chi connectivity index (χ2v) is 32.8. The molecule has 0 bridgehead atoms. The molecule has 3 heterocycles. The molecule has 3 aromatic heterocycles. The fraction of sp³-hybridized carbons (Fsp3) is 0.434. The van der Waals surface area contributed by atoms with Crippen molar-refractivity contribution in [2.75, 3.05) is 27.9 Å². The van der Waals surface area contributed by atoms with Crippen LogP contribution in [0.15, 0.2) is 127 Å². The number of phenolic OH excluding ortho intramolecular Hbond substituents is 2. The van der Waals surface area contributed by atoms with Gasteiger partial charge in [-0.15, -0.1) is 0 Å². The van der Waals surface area contributed by atoms with Crippen molar-refractivity contribution in [1.29, 1.82) is 0 Å². The average molecular weight is 1430 g/mol. The molecule has 0 spiro atoms. The molecule has 0 aliphatic rings. The van der Waals surface area contributed by atoms with E-state index in [9.17, 15) is 39.3 Å². The number of carbonyl (C=O) groups excluding carboxylic acids is 5. The number of aromatic hydroxyl groups is 2. The molecule has 0 saturated heterocycles. The number of rotatable bonds is 22. The number of Topliss-reactive ketones (excluding diaryl/α,β-unsaturated/α-hetero) is 3. The molecule has 6 aromatic carbocycles. The molecule has 0 aliphatic heterocycles. The quantitative estimate of drug-likeness (QED) is 0.0433. The van der Waals surface area contributed by atoms with Gasteiger partial charge in [-0.2, -0.15) is 0 Å². The van der Waals surface area contributed by atoms with Crippen LogP contribution in [0.2, 0.25) is 15.1 Å². The molecule has 0 atom stereocenters. The molecule has 17 heteroatoms. The maximum atomic E-state index is 13.7. The molecular formula is C83H106Cl3N3O11. The number of aliphatic hydroxyl groups excluding tert-OH is 1. The largest absolute Gasteiger partial charge is 0.508 e. The third kappa shape index (κ3) is 21.1. The summed E-state index contributed by atoms with van der Waals surface area (Å²) < 4.78 is 22.0. The summed E-state index contributed by atoms with van der Waals surface area (Å²) in [5, 5.41) is 34.6. The average Bonchev–Trinajstić information content (AvgIpc) is 1.61. The van der Waals surface area contributed by atoms with E-state index in [1.54, 1.807) is 31.4 Å². The number of nitrogens with zero attached hydrogens (tertiary/aromatic N) is 3. The smallest absolute Gasteiger partial charge is 0.311 e. The number of ether oxygens (including phenoxy) is 3. The van der Waals surface area contributed by atoms with Gasteiger partial charge in [0.05, 0.1) is 32.2 Å². The summed E-state index contributed by atoms with van der Waals surface area (Å²) in [7, 11) is 4.38. The summed E-state index contributed by atoms with van der Waals surface area (Å²) in [5.41, 5.74) is 7.47. The Balaban J connectivity index is 0.000000268. The van der Waals surface area contributed by atoms with E-state index in [-0.39, 0.29) is 78.5 Å². The lowest BCUT2D eigenvalue weighted by Crippen LogP contribution is -2.30.